The molecule has 2 heterocycles. The highest BCUT2D eigenvalue weighted by atomic mass is 16.6. The van der Waals surface area contributed by atoms with E-state index in [4.69, 9.17) is 10.5 Å². The fourth-order valence-corrected chi connectivity index (χ4v) is 2.23. The van der Waals surface area contributed by atoms with E-state index in [1.54, 1.807) is 4.90 Å². The van der Waals surface area contributed by atoms with E-state index < -0.39 is 0 Å². The summed E-state index contributed by atoms with van der Waals surface area (Å²) in [6.07, 6.45) is 3.41. The van der Waals surface area contributed by atoms with Crippen molar-refractivity contribution in [3.63, 3.8) is 0 Å². The highest BCUT2D eigenvalue weighted by Gasteiger charge is 2.33. The van der Waals surface area contributed by atoms with Gasteiger partial charge in [0.2, 0.25) is 0 Å². The summed E-state index contributed by atoms with van der Waals surface area (Å²) in [5, 5.41) is 3.42. The van der Waals surface area contributed by atoms with Gasteiger partial charge in [0.05, 0.1) is 6.04 Å². The van der Waals surface area contributed by atoms with Crippen molar-refractivity contribution < 1.29 is 9.53 Å². The lowest BCUT2D eigenvalue weighted by molar-refractivity contribution is 0.152. The van der Waals surface area contributed by atoms with Crippen molar-refractivity contribution in [2.24, 2.45) is 5.73 Å². The molecule has 2 rings (SSSR count). The van der Waals surface area contributed by atoms with E-state index in [0.29, 0.717) is 19.2 Å². The number of cyclic esters (lactones) is 1. The SMILES string of the molecule is NCC1COC(=O)N1CC1CCCCN1. The number of nitrogens with two attached hydrogens (primary N) is 1. The monoisotopic (exact) mass is 213 g/mol. The molecule has 2 saturated heterocycles. The third-order valence-corrected chi connectivity index (χ3v) is 3.18. The topological polar surface area (TPSA) is 67.6 Å². The lowest BCUT2D eigenvalue weighted by Gasteiger charge is -2.29. The Hall–Kier alpha value is -0.810. The van der Waals surface area contributed by atoms with Crippen LogP contribution in [0.25, 0.3) is 0 Å². The smallest absolute Gasteiger partial charge is 0.410 e. The molecule has 0 radical (unpaired) electrons. The number of amides is 1. The lowest BCUT2D eigenvalue weighted by Crippen LogP contribution is -2.48. The first-order chi connectivity index (χ1) is 7.31. The fraction of sp³-hybridized carbons (Fsp3) is 0.900. The van der Waals surface area contributed by atoms with E-state index in [2.05, 4.69) is 5.32 Å². The van der Waals surface area contributed by atoms with Crippen molar-refractivity contribution in [2.45, 2.75) is 31.3 Å². The third-order valence-electron chi connectivity index (χ3n) is 3.18. The molecule has 0 aromatic heterocycles. The summed E-state index contributed by atoms with van der Waals surface area (Å²) >= 11 is 0. The van der Waals surface area contributed by atoms with Crippen molar-refractivity contribution in [3.05, 3.63) is 0 Å². The summed E-state index contributed by atoms with van der Waals surface area (Å²) < 4.78 is 4.99. The average Bonchev–Trinajstić information content (AvgIpc) is 2.62. The highest BCUT2D eigenvalue weighted by molar-refractivity contribution is 5.70. The minimum atomic E-state index is -0.210. The molecule has 5 heteroatoms. The molecule has 1 amide bonds. The number of carbonyl (C=O) groups is 1. The minimum Gasteiger partial charge on any atom is -0.447 e. The summed E-state index contributed by atoms with van der Waals surface area (Å²) in [5.41, 5.74) is 5.60. The summed E-state index contributed by atoms with van der Waals surface area (Å²) in [4.78, 5) is 13.2. The Morgan fingerprint density at radius 3 is 3.07 bits per heavy atom. The number of hydrogen-bond donors (Lipinski definition) is 2. The predicted molar refractivity (Wildman–Crippen MR) is 56.5 cm³/mol. The molecule has 15 heavy (non-hydrogen) atoms. The van der Waals surface area contributed by atoms with Crippen LogP contribution in [0.15, 0.2) is 0 Å². The van der Waals surface area contributed by atoms with Gasteiger partial charge in [-0.2, -0.15) is 0 Å². The molecule has 0 aliphatic carbocycles. The molecule has 2 aliphatic heterocycles. The standard InChI is InChI=1S/C10H19N3O2/c11-5-9-7-15-10(14)13(9)6-8-3-1-2-4-12-8/h8-9,12H,1-7,11H2. The molecule has 5 nitrogen and oxygen atoms in total. The second kappa shape index (κ2) is 4.81. The van der Waals surface area contributed by atoms with Crippen LogP contribution >= 0.6 is 0 Å². The van der Waals surface area contributed by atoms with Gasteiger partial charge in [-0.15, -0.1) is 0 Å². The number of nitrogens with one attached hydrogen (secondary N) is 1. The van der Waals surface area contributed by atoms with Crippen molar-refractivity contribution in [3.8, 4) is 0 Å². The molecular weight excluding hydrogens is 194 g/mol. The molecule has 2 unspecified atom stereocenters. The van der Waals surface area contributed by atoms with E-state index in [1.165, 1.54) is 12.8 Å². The summed E-state index contributed by atoms with van der Waals surface area (Å²) in [6, 6.07) is 0.486. The number of ether oxygens (including phenoxy) is 1. The maximum absolute atomic E-state index is 11.4. The fourth-order valence-electron chi connectivity index (χ4n) is 2.23. The lowest BCUT2D eigenvalue weighted by atomic mass is 10.0. The van der Waals surface area contributed by atoms with Gasteiger partial charge in [0, 0.05) is 19.1 Å². The average molecular weight is 213 g/mol. The van der Waals surface area contributed by atoms with Crippen molar-refractivity contribution in [1.82, 2.24) is 10.2 Å². The Bertz CT molecular complexity index is 229. The Kier molecular flexibility index (Phi) is 3.43. The normalized spacial score (nSPS) is 31.8. The Labute approximate surface area is 89.9 Å². The number of rotatable bonds is 3. The van der Waals surface area contributed by atoms with Crippen molar-refractivity contribution in [1.29, 1.82) is 0 Å². The van der Waals surface area contributed by atoms with Gasteiger partial charge in [0.25, 0.3) is 0 Å². The number of piperidine rings is 1. The van der Waals surface area contributed by atoms with Crippen LogP contribution in [0.1, 0.15) is 19.3 Å². The first-order valence-corrected chi connectivity index (χ1v) is 5.68. The third kappa shape index (κ3) is 2.41. The van der Waals surface area contributed by atoms with Crippen molar-refractivity contribution >= 4 is 6.09 Å². The van der Waals surface area contributed by atoms with Crippen LogP contribution in [0, 0.1) is 0 Å². The predicted octanol–water partition coefficient (Wildman–Crippen LogP) is -0.0920. The molecule has 86 valence electrons. The molecular formula is C10H19N3O2. The van der Waals surface area contributed by atoms with E-state index in [9.17, 15) is 4.79 Å². The van der Waals surface area contributed by atoms with Crippen LogP contribution in [-0.4, -0.2) is 49.3 Å². The number of carbonyl (C=O) groups excluding carboxylic acids is 1. The molecule has 2 fully saturated rings. The largest absolute Gasteiger partial charge is 0.447 e. The molecule has 2 aliphatic rings. The molecule has 0 spiro atoms. The molecule has 0 bridgehead atoms. The van der Waals surface area contributed by atoms with E-state index in [1.807, 2.05) is 0 Å². The van der Waals surface area contributed by atoms with Gasteiger partial charge in [0.15, 0.2) is 0 Å². The van der Waals surface area contributed by atoms with Gasteiger partial charge in [-0.3, -0.25) is 4.90 Å². The number of hydrogen-bond acceptors (Lipinski definition) is 4. The van der Waals surface area contributed by atoms with Crippen LogP contribution in [0.4, 0.5) is 4.79 Å². The van der Waals surface area contributed by atoms with Crippen LogP contribution in [-0.2, 0) is 4.74 Å². The van der Waals surface area contributed by atoms with E-state index in [-0.39, 0.29) is 12.1 Å². The molecule has 0 saturated carbocycles. The van der Waals surface area contributed by atoms with Crippen LogP contribution in [0.2, 0.25) is 0 Å². The zero-order valence-corrected chi connectivity index (χ0v) is 8.95. The highest BCUT2D eigenvalue weighted by Crippen LogP contribution is 2.15. The van der Waals surface area contributed by atoms with Gasteiger partial charge in [-0.25, -0.2) is 4.79 Å². The minimum absolute atomic E-state index is 0.0706. The first-order valence-electron chi connectivity index (χ1n) is 5.68. The van der Waals surface area contributed by atoms with Crippen molar-refractivity contribution in [2.75, 3.05) is 26.2 Å². The summed E-state index contributed by atoms with van der Waals surface area (Å²) in [6.45, 7) is 2.72. The second-order valence-corrected chi connectivity index (χ2v) is 4.27. The Balaban J connectivity index is 1.88. The van der Waals surface area contributed by atoms with Crippen LogP contribution in [0.5, 0.6) is 0 Å². The van der Waals surface area contributed by atoms with Gasteiger partial charge >= 0.3 is 6.09 Å². The van der Waals surface area contributed by atoms with Gasteiger partial charge in [-0.05, 0) is 19.4 Å². The summed E-state index contributed by atoms with van der Waals surface area (Å²) in [7, 11) is 0. The Morgan fingerprint density at radius 2 is 2.40 bits per heavy atom. The van der Waals surface area contributed by atoms with Crippen LogP contribution in [0.3, 0.4) is 0 Å². The number of nitrogens with zero attached hydrogens (tertiary/aromatic N) is 1. The van der Waals surface area contributed by atoms with Gasteiger partial charge < -0.3 is 15.8 Å². The molecule has 2 atom stereocenters. The van der Waals surface area contributed by atoms with Gasteiger partial charge in [0.1, 0.15) is 6.61 Å². The molecule has 3 N–H and O–H groups in total. The Morgan fingerprint density at radius 1 is 1.53 bits per heavy atom. The molecule has 0 aromatic rings. The second-order valence-electron chi connectivity index (χ2n) is 4.27. The van der Waals surface area contributed by atoms with Crippen LogP contribution < -0.4 is 11.1 Å². The summed E-state index contributed by atoms with van der Waals surface area (Å²) in [5.74, 6) is 0. The molecule has 0 aromatic carbocycles. The van der Waals surface area contributed by atoms with E-state index >= 15 is 0 Å². The maximum Gasteiger partial charge on any atom is 0.410 e. The quantitative estimate of drug-likeness (QED) is 0.687. The first kappa shape index (κ1) is 10.7. The van der Waals surface area contributed by atoms with E-state index in [0.717, 1.165) is 19.5 Å². The van der Waals surface area contributed by atoms with Gasteiger partial charge in [-0.1, -0.05) is 6.42 Å². The maximum atomic E-state index is 11.4. The zero-order valence-electron chi connectivity index (χ0n) is 8.95. The zero-order chi connectivity index (χ0) is 10.7.